The minimum absolute atomic E-state index is 0.0591. The van der Waals surface area contributed by atoms with Gasteiger partial charge in [0, 0.05) is 5.56 Å². The second-order valence-electron chi connectivity index (χ2n) is 4.62. The summed E-state index contributed by atoms with van der Waals surface area (Å²) in [5, 5.41) is 0.637. The van der Waals surface area contributed by atoms with E-state index in [0.29, 0.717) is 16.3 Å². The zero-order chi connectivity index (χ0) is 16.7. The van der Waals surface area contributed by atoms with Gasteiger partial charge in [0.15, 0.2) is 12.4 Å². The van der Waals surface area contributed by atoms with Crippen LogP contribution in [0.15, 0.2) is 48.5 Å². The molecule has 0 N–H and O–H groups in total. The van der Waals surface area contributed by atoms with E-state index in [0.717, 1.165) is 0 Å². The number of ether oxygens (including phenoxy) is 2. The molecule has 0 bridgehead atoms. The van der Waals surface area contributed by atoms with Crippen LogP contribution in [0.25, 0.3) is 0 Å². The first-order chi connectivity index (χ1) is 11.1. The first-order valence-corrected chi connectivity index (χ1v) is 7.63. The molecule has 0 saturated carbocycles. The summed E-state index contributed by atoms with van der Waals surface area (Å²) in [5.74, 6) is -0.178. The van der Waals surface area contributed by atoms with Crippen LogP contribution in [0.4, 0.5) is 0 Å². The maximum Gasteiger partial charge on any atom is 0.309 e. The summed E-state index contributed by atoms with van der Waals surface area (Å²) in [6.45, 7) is -0.161. The molecule has 0 spiro atoms. The van der Waals surface area contributed by atoms with Crippen molar-refractivity contribution in [1.29, 1.82) is 0 Å². The van der Waals surface area contributed by atoms with Gasteiger partial charge in [0.05, 0.1) is 23.1 Å². The first-order valence-electron chi connectivity index (χ1n) is 6.88. The van der Waals surface area contributed by atoms with Crippen LogP contribution in [0.5, 0.6) is 5.75 Å². The van der Waals surface area contributed by atoms with Gasteiger partial charge in [0.25, 0.3) is 0 Å². The molecule has 0 aliphatic rings. The summed E-state index contributed by atoms with van der Waals surface area (Å²) in [4.78, 5) is 23.5. The third kappa shape index (κ3) is 5.58. The molecule has 0 aromatic heterocycles. The van der Waals surface area contributed by atoms with Crippen molar-refractivity contribution < 1.29 is 19.1 Å². The van der Waals surface area contributed by atoms with Gasteiger partial charge in [-0.25, -0.2) is 0 Å². The fraction of sp³-hybridized carbons (Fsp3) is 0.176. The Hall–Kier alpha value is -2.04. The largest absolute Gasteiger partial charge is 0.493 e. The summed E-state index contributed by atoms with van der Waals surface area (Å²) in [6, 6.07) is 13.6. The number of Topliss-reactive ketones (excluding diaryl/α,β-unsaturated/α-hetero) is 1. The number of esters is 1. The second-order valence-corrected chi connectivity index (χ2v) is 5.44. The summed E-state index contributed by atoms with van der Waals surface area (Å²) < 4.78 is 10.3. The average Bonchev–Trinajstić information content (AvgIpc) is 2.56. The number of hydrogen-bond acceptors (Lipinski definition) is 4. The van der Waals surface area contributed by atoms with E-state index < -0.39 is 5.97 Å². The Labute approximate surface area is 143 Å². The van der Waals surface area contributed by atoms with Gasteiger partial charge in [-0.05, 0) is 30.3 Å². The van der Waals surface area contributed by atoms with E-state index in [9.17, 15) is 9.59 Å². The maximum absolute atomic E-state index is 11.9. The van der Waals surface area contributed by atoms with Gasteiger partial charge in [-0.1, -0.05) is 41.4 Å². The van der Waals surface area contributed by atoms with Gasteiger partial charge in [0.2, 0.25) is 0 Å². The average molecular weight is 353 g/mol. The number of rotatable bonds is 7. The van der Waals surface area contributed by atoms with Crippen molar-refractivity contribution in [3.05, 3.63) is 64.1 Å². The molecule has 0 aliphatic carbocycles. The van der Waals surface area contributed by atoms with Crippen LogP contribution in [-0.4, -0.2) is 25.0 Å². The van der Waals surface area contributed by atoms with Crippen LogP contribution >= 0.6 is 23.2 Å². The Morgan fingerprint density at radius 3 is 2.39 bits per heavy atom. The minimum atomic E-state index is -0.505. The van der Waals surface area contributed by atoms with Crippen molar-refractivity contribution in [3.63, 3.8) is 0 Å². The number of halogens is 2. The Morgan fingerprint density at radius 1 is 0.957 bits per heavy atom. The molecule has 23 heavy (non-hydrogen) atoms. The molecule has 0 fully saturated rings. The van der Waals surface area contributed by atoms with E-state index in [-0.39, 0.29) is 30.4 Å². The number of benzene rings is 2. The van der Waals surface area contributed by atoms with Crippen LogP contribution in [-0.2, 0) is 9.53 Å². The number of ketones is 1. The third-order valence-electron chi connectivity index (χ3n) is 2.92. The van der Waals surface area contributed by atoms with Gasteiger partial charge in [-0.3, -0.25) is 9.59 Å². The fourth-order valence-electron chi connectivity index (χ4n) is 1.74. The van der Waals surface area contributed by atoms with Crippen LogP contribution in [0.2, 0.25) is 10.0 Å². The van der Waals surface area contributed by atoms with E-state index in [1.54, 1.807) is 12.1 Å². The van der Waals surface area contributed by atoms with E-state index in [2.05, 4.69) is 0 Å². The van der Waals surface area contributed by atoms with Crippen LogP contribution in [0, 0.1) is 0 Å². The molecule has 0 radical (unpaired) electrons. The molecule has 0 saturated heterocycles. The highest BCUT2D eigenvalue weighted by molar-refractivity contribution is 6.42. The predicted molar refractivity (Wildman–Crippen MR) is 88.3 cm³/mol. The topological polar surface area (TPSA) is 52.6 Å². The van der Waals surface area contributed by atoms with Gasteiger partial charge in [-0.15, -0.1) is 0 Å². The molecule has 0 unspecified atom stereocenters. The quantitative estimate of drug-likeness (QED) is 0.553. The van der Waals surface area contributed by atoms with Crippen molar-refractivity contribution >= 4 is 35.0 Å². The van der Waals surface area contributed by atoms with Crippen LogP contribution in [0.1, 0.15) is 16.8 Å². The van der Waals surface area contributed by atoms with Crippen LogP contribution in [0.3, 0.4) is 0 Å². The summed E-state index contributed by atoms with van der Waals surface area (Å²) in [6.07, 6.45) is 0.0591. The summed E-state index contributed by atoms with van der Waals surface area (Å²) in [5.41, 5.74) is 0.340. The normalized spacial score (nSPS) is 10.2. The van der Waals surface area contributed by atoms with Crippen molar-refractivity contribution in [2.75, 3.05) is 13.2 Å². The Morgan fingerprint density at radius 2 is 1.70 bits per heavy atom. The zero-order valence-electron chi connectivity index (χ0n) is 12.1. The number of carbonyl (C=O) groups excluding carboxylic acids is 2. The molecule has 0 amide bonds. The lowest BCUT2D eigenvalue weighted by Gasteiger charge is -2.07. The Balaban J connectivity index is 1.73. The highest BCUT2D eigenvalue weighted by Gasteiger charge is 2.11. The molecular formula is C17H14Cl2O4. The molecule has 0 heterocycles. The van der Waals surface area contributed by atoms with Gasteiger partial charge in [0.1, 0.15) is 5.75 Å². The van der Waals surface area contributed by atoms with Crippen molar-refractivity contribution in [3.8, 4) is 5.75 Å². The first kappa shape index (κ1) is 17.3. The van der Waals surface area contributed by atoms with Crippen LogP contribution < -0.4 is 4.74 Å². The zero-order valence-corrected chi connectivity index (χ0v) is 13.6. The van der Waals surface area contributed by atoms with Gasteiger partial charge < -0.3 is 9.47 Å². The number of carbonyl (C=O) groups is 2. The second kappa shape index (κ2) is 8.56. The maximum atomic E-state index is 11.9. The molecule has 2 aromatic carbocycles. The van der Waals surface area contributed by atoms with E-state index >= 15 is 0 Å². The van der Waals surface area contributed by atoms with Gasteiger partial charge >= 0.3 is 5.97 Å². The van der Waals surface area contributed by atoms with E-state index in [1.807, 2.05) is 18.2 Å². The van der Waals surface area contributed by atoms with Gasteiger partial charge in [-0.2, -0.15) is 0 Å². The molecule has 0 atom stereocenters. The highest BCUT2D eigenvalue weighted by Crippen LogP contribution is 2.22. The lowest BCUT2D eigenvalue weighted by molar-refractivity contribution is -0.143. The Kier molecular flexibility index (Phi) is 6.44. The molecule has 2 aromatic rings. The van der Waals surface area contributed by atoms with Crippen molar-refractivity contribution in [1.82, 2.24) is 0 Å². The third-order valence-corrected chi connectivity index (χ3v) is 3.66. The molecule has 4 nitrogen and oxygen atoms in total. The summed E-state index contributed by atoms with van der Waals surface area (Å²) in [7, 11) is 0. The molecular weight excluding hydrogens is 339 g/mol. The van der Waals surface area contributed by atoms with Crippen molar-refractivity contribution in [2.45, 2.75) is 6.42 Å². The fourth-order valence-corrected chi connectivity index (χ4v) is 2.04. The predicted octanol–water partition coefficient (Wildman–Crippen LogP) is 4.19. The lowest BCUT2D eigenvalue weighted by atomic mass is 10.1. The molecule has 2 rings (SSSR count). The van der Waals surface area contributed by atoms with E-state index in [1.165, 1.54) is 18.2 Å². The Bertz CT molecular complexity index is 686. The SMILES string of the molecule is O=C(CCOc1ccccc1)OCC(=O)c1ccc(Cl)c(Cl)c1. The molecule has 120 valence electrons. The number of para-hydroxylation sites is 1. The summed E-state index contributed by atoms with van der Waals surface area (Å²) >= 11 is 11.6. The highest BCUT2D eigenvalue weighted by atomic mass is 35.5. The van der Waals surface area contributed by atoms with Crippen molar-refractivity contribution in [2.24, 2.45) is 0 Å². The molecule has 6 heteroatoms. The lowest BCUT2D eigenvalue weighted by Crippen LogP contribution is -2.16. The smallest absolute Gasteiger partial charge is 0.309 e. The minimum Gasteiger partial charge on any atom is -0.493 e. The number of hydrogen-bond donors (Lipinski definition) is 0. The standard InChI is InChI=1S/C17H14Cl2O4/c18-14-7-6-12(10-15(14)19)16(20)11-23-17(21)8-9-22-13-4-2-1-3-5-13/h1-7,10H,8-9,11H2. The van der Waals surface area contributed by atoms with E-state index in [4.69, 9.17) is 32.7 Å². The monoisotopic (exact) mass is 352 g/mol. The molecule has 0 aliphatic heterocycles.